The van der Waals surface area contributed by atoms with E-state index in [1.54, 1.807) is 6.07 Å². The SMILES string of the molecule is NC(=O)c1ccc(CN2CCC(CC(=O)O)CC2)c(F)c1. The summed E-state index contributed by atoms with van der Waals surface area (Å²) in [5.74, 6) is -1.63. The Morgan fingerprint density at radius 3 is 2.52 bits per heavy atom. The van der Waals surface area contributed by atoms with Crippen LogP contribution >= 0.6 is 0 Å². The van der Waals surface area contributed by atoms with Gasteiger partial charge >= 0.3 is 5.97 Å². The average Bonchev–Trinajstić information content (AvgIpc) is 2.42. The number of carbonyl (C=O) groups is 2. The Kier molecular flexibility index (Phi) is 4.90. The van der Waals surface area contributed by atoms with E-state index in [1.807, 2.05) is 0 Å². The van der Waals surface area contributed by atoms with E-state index in [1.165, 1.54) is 6.07 Å². The number of halogens is 1. The van der Waals surface area contributed by atoms with E-state index in [-0.39, 0.29) is 17.9 Å². The maximum Gasteiger partial charge on any atom is 0.303 e. The molecule has 0 spiro atoms. The van der Waals surface area contributed by atoms with Crippen molar-refractivity contribution in [3.63, 3.8) is 0 Å². The van der Waals surface area contributed by atoms with Crippen LogP contribution in [-0.2, 0) is 11.3 Å². The zero-order chi connectivity index (χ0) is 15.4. The molecule has 3 N–H and O–H groups in total. The van der Waals surface area contributed by atoms with E-state index in [0.29, 0.717) is 12.1 Å². The Bertz CT molecular complexity index is 540. The van der Waals surface area contributed by atoms with Gasteiger partial charge < -0.3 is 10.8 Å². The highest BCUT2D eigenvalue weighted by Gasteiger charge is 2.22. The van der Waals surface area contributed by atoms with Crippen molar-refractivity contribution in [3.8, 4) is 0 Å². The number of carboxylic acids is 1. The second kappa shape index (κ2) is 6.67. The highest BCUT2D eigenvalue weighted by molar-refractivity contribution is 5.92. The van der Waals surface area contributed by atoms with Crippen LogP contribution in [0.1, 0.15) is 35.2 Å². The Morgan fingerprint density at radius 2 is 2.00 bits per heavy atom. The zero-order valence-electron chi connectivity index (χ0n) is 11.7. The van der Waals surface area contributed by atoms with Gasteiger partial charge in [-0.2, -0.15) is 0 Å². The molecule has 0 radical (unpaired) electrons. The van der Waals surface area contributed by atoms with Crippen LogP contribution in [0, 0.1) is 11.7 Å². The highest BCUT2D eigenvalue weighted by atomic mass is 19.1. The predicted octanol–water partition coefficient (Wildman–Crippen LogP) is 1.61. The number of hydrogen-bond donors (Lipinski definition) is 2. The Balaban J connectivity index is 1.91. The number of aliphatic carboxylic acids is 1. The number of piperidine rings is 1. The molecule has 1 saturated heterocycles. The number of amides is 1. The fraction of sp³-hybridized carbons (Fsp3) is 0.467. The van der Waals surface area contributed by atoms with Crippen LogP contribution in [0.2, 0.25) is 0 Å². The van der Waals surface area contributed by atoms with E-state index >= 15 is 0 Å². The summed E-state index contributed by atoms with van der Waals surface area (Å²) < 4.78 is 13.9. The minimum Gasteiger partial charge on any atom is -0.481 e. The molecule has 1 fully saturated rings. The molecule has 0 unspecified atom stereocenters. The summed E-state index contributed by atoms with van der Waals surface area (Å²) in [5, 5.41) is 8.77. The minimum atomic E-state index is -0.762. The number of nitrogens with zero attached hydrogens (tertiary/aromatic N) is 1. The third-order valence-corrected chi connectivity index (χ3v) is 3.90. The normalized spacial score (nSPS) is 16.8. The van der Waals surface area contributed by atoms with Gasteiger partial charge in [-0.25, -0.2) is 4.39 Å². The number of benzene rings is 1. The summed E-state index contributed by atoms with van der Waals surface area (Å²) >= 11 is 0. The molecule has 0 bridgehead atoms. The fourth-order valence-electron chi connectivity index (χ4n) is 2.67. The van der Waals surface area contributed by atoms with Crippen LogP contribution in [0.15, 0.2) is 18.2 Å². The van der Waals surface area contributed by atoms with Crippen molar-refractivity contribution in [2.24, 2.45) is 11.7 Å². The first-order chi connectivity index (χ1) is 9.95. The lowest BCUT2D eigenvalue weighted by Gasteiger charge is -2.31. The first kappa shape index (κ1) is 15.4. The van der Waals surface area contributed by atoms with Gasteiger partial charge in [0, 0.05) is 24.1 Å². The van der Waals surface area contributed by atoms with Crippen molar-refractivity contribution in [2.45, 2.75) is 25.8 Å². The van der Waals surface area contributed by atoms with Crippen LogP contribution in [0.3, 0.4) is 0 Å². The number of carbonyl (C=O) groups excluding carboxylic acids is 1. The predicted molar refractivity (Wildman–Crippen MR) is 75.2 cm³/mol. The highest BCUT2D eigenvalue weighted by Crippen LogP contribution is 2.22. The van der Waals surface area contributed by atoms with Gasteiger partial charge in [0.15, 0.2) is 0 Å². The molecule has 6 heteroatoms. The lowest BCUT2D eigenvalue weighted by Crippen LogP contribution is -2.34. The van der Waals surface area contributed by atoms with Crippen molar-refractivity contribution in [1.29, 1.82) is 0 Å². The molecule has 2 rings (SSSR count). The molecule has 1 amide bonds. The van der Waals surface area contributed by atoms with Crippen LogP contribution in [0.5, 0.6) is 0 Å². The Labute approximate surface area is 122 Å². The largest absolute Gasteiger partial charge is 0.481 e. The van der Waals surface area contributed by atoms with Crippen LogP contribution in [-0.4, -0.2) is 35.0 Å². The van der Waals surface area contributed by atoms with Crippen molar-refractivity contribution < 1.29 is 19.1 Å². The number of hydrogen-bond acceptors (Lipinski definition) is 3. The molecule has 1 aromatic carbocycles. The summed E-state index contributed by atoms with van der Waals surface area (Å²) in [4.78, 5) is 23.7. The van der Waals surface area contributed by atoms with Gasteiger partial charge in [-0.05, 0) is 44.0 Å². The van der Waals surface area contributed by atoms with Gasteiger partial charge in [-0.3, -0.25) is 14.5 Å². The Hall–Kier alpha value is -1.95. The quantitative estimate of drug-likeness (QED) is 0.864. The summed E-state index contributed by atoms with van der Waals surface area (Å²) in [5.41, 5.74) is 5.80. The fourth-order valence-corrected chi connectivity index (χ4v) is 2.67. The molecule has 0 saturated carbocycles. The first-order valence-electron chi connectivity index (χ1n) is 6.98. The molecular formula is C15H19FN2O3. The topological polar surface area (TPSA) is 83.6 Å². The zero-order valence-corrected chi connectivity index (χ0v) is 11.7. The van der Waals surface area contributed by atoms with Gasteiger partial charge in [-0.15, -0.1) is 0 Å². The van der Waals surface area contributed by atoms with E-state index in [4.69, 9.17) is 10.8 Å². The molecule has 1 aliphatic heterocycles. The number of carboxylic acid groups (broad SMARTS) is 1. The summed E-state index contributed by atoms with van der Waals surface area (Å²) in [6.07, 6.45) is 1.83. The maximum atomic E-state index is 13.9. The standard InChI is InChI=1S/C15H19FN2O3/c16-13-8-11(15(17)21)1-2-12(13)9-18-5-3-10(4-6-18)7-14(19)20/h1-2,8,10H,3-7,9H2,(H2,17,21)(H,19,20). The first-order valence-corrected chi connectivity index (χ1v) is 6.98. The van der Waals surface area contributed by atoms with E-state index in [2.05, 4.69) is 4.90 Å². The second-order valence-corrected chi connectivity index (χ2v) is 5.49. The van der Waals surface area contributed by atoms with Crippen LogP contribution < -0.4 is 5.73 Å². The van der Waals surface area contributed by atoms with Gasteiger partial charge in [0.25, 0.3) is 0 Å². The summed E-state index contributed by atoms with van der Waals surface area (Å²) in [6.45, 7) is 1.98. The van der Waals surface area contributed by atoms with Crippen molar-refractivity contribution in [2.75, 3.05) is 13.1 Å². The molecule has 5 nitrogen and oxygen atoms in total. The molecule has 1 heterocycles. The number of nitrogens with two attached hydrogens (primary N) is 1. The van der Waals surface area contributed by atoms with Gasteiger partial charge in [0.2, 0.25) is 5.91 Å². The van der Waals surface area contributed by atoms with Gasteiger partial charge in [-0.1, -0.05) is 6.07 Å². The van der Waals surface area contributed by atoms with Crippen molar-refractivity contribution in [3.05, 3.63) is 35.1 Å². The molecule has 21 heavy (non-hydrogen) atoms. The second-order valence-electron chi connectivity index (χ2n) is 5.49. The molecule has 1 aromatic rings. The van der Waals surface area contributed by atoms with Gasteiger partial charge in [0.1, 0.15) is 5.82 Å². The lowest BCUT2D eigenvalue weighted by molar-refractivity contribution is -0.138. The van der Waals surface area contributed by atoms with E-state index in [0.717, 1.165) is 32.0 Å². The molecule has 1 aliphatic rings. The van der Waals surface area contributed by atoms with Crippen molar-refractivity contribution >= 4 is 11.9 Å². The van der Waals surface area contributed by atoms with Crippen LogP contribution in [0.4, 0.5) is 4.39 Å². The van der Waals surface area contributed by atoms with Crippen LogP contribution in [0.25, 0.3) is 0 Å². The monoisotopic (exact) mass is 294 g/mol. The molecule has 0 aliphatic carbocycles. The van der Waals surface area contributed by atoms with Gasteiger partial charge in [0.05, 0.1) is 0 Å². The number of rotatable bonds is 5. The molecular weight excluding hydrogens is 275 g/mol. The molecule has 0 atom stereocenters. The molecule has 0 aromatic heterocycles. The number of likely N-dealkylation sites (tertiary alicyclic amines) is 1. The molecule has 114 valence electrons. The van der Waals surface area contributed by atoms with E-state index in [9.17, 15) is 14.0 Å². The third-order valence-electron chi connectivity index (χ3n) is 3.90. The Morgan fingerprint density at radius 1 is 1.33 bits per heavy atom. The van der Waals surface area contributed by atoms with E-state index < -0.39 is 17.7 Å². The maximum absolute atomic E-state index is 13.9. The average molecular weight is 294 g/mol. The lowest BCUT2D eigenvalue weighted by atomic mass is 9.93. The third kappa shape index (κ3) is 4.26. The number of primary amides is 1. The minimum absolute atomic E-state index is 0.163. The van der Waals surface area contributed by atoms with Crippen molar-refractivity contribution in [1.82, 2.24) is 4.90 Å². The smallest absolute Gasteiger partial charge is 0.303 e. The summed E-state index contributed by atoms with van der Waals surface area (Å²) in [6, 6.07) is 4.27. The summed E-state index contributed by atoms with van der Waals surface area (Å²) in [7, 11) is 0.